The molecule has 4 rings (SSSR count). The number of carbonyl (C=O) groups excluding carboxylic acids is 1. The molecule has 0 saturated carbocycles. The average molecular weight is 409 g/mol. The lowest BCUT2D eigenvalue weighted by Crippen LogP contribution is -2.29. The fourth-order valence-electron chi connectivity index (χ4n) is 3.82. The Morgan fingerprint density at radius 1 is 1.06 bits per heavy atom. The van der Waals surface area contributed by atoms with Crippen molar-refractivity contribution in [3.63, 3.8) is 0 Å². The van der Waals surface area contributed by atoms with E-state index in [-0.39, 0.29) is 11.8 Å². The second kappa shape index (κ2) is 8.76. The van der Waals surface area contributed by atoms with Crippen LogP contribution >= 0.6 is 0 Å². The number of nitrogens with one attached hydrogen (secondary N) is 2. The van der Waals surface area contributed by atoms with E-state index < -0.39 is 0 Å². The van der Waals surface area contributed by atoms with Gasteiger partial charge in [0.15, 0.2) is 0 Å². The van der Waals surface area contributed by atoms with Crippen LogP contribution < -0.4 is 10.2 Å². The van der Waals surface area contributed by atoms with Gasteiger partial charge < -0.3 is 15.2 Å². The molecule has 0 aliphatic heterocycles. The number of nitriles is 1. The average Bonchev–Trinajstić information content (AvgIpc) is 3.23. The number of carbonyl (C=O) groups is 1. The number of hydrogen-bond acceptors (Lipinski definition) is 3. The number of para-hydroxylation sites is 1. The molecule has 0 aliphatic carbocycles. The minimum Gasteiger partial charge on any atom is -0.378 e. The van der Waals surface area contributed by atoms with Crippen molar-refractivity contribution >= 4 is 22.5 Å². The summed E-state index contributed by atoms with van der Waals surface area (Å²) in [4.78, 5) is 18.2. The van der Waals surface area contributed by atoms with Crippen LogP contribution in [0.15, 0.2) is 79.0 Å². The topological polar surface area (TPSA) is 71.9 Å². The third kappa shape index (κ3) is 4.29. The lowest BCUT2D eigenvalue weighted by molar-refractivity contribution is 0.0952. The van der Waals surface area contributed by atoms with Crippen molar-refractivity contribution in [3.8, 4) is 6.07 Å². The Labute approximate surface area is 181 Å². The van der Waals surface area contributed by atoms with Gasteiger partial charge in [-0.1, -0.05) is 36.4 Å². The summed E-state index contributed by atoms with van der Waals surface area (Å²) in [5.74, 6) is -0.206. The van der Waals surface area contributed by atoms with Gasteiger partial charge in [-0.25, -0.2) is 0 Å². The lowest BCUT2D eigenvalue weighted by Gasteiger charge is -2.20. The summed E-state index contributed by atoms with van der Waals surface area (Å²) in [6.07, 6.45) is 2.03. The normalized spacial score (nSPS) is 11.6. The van der Waals surface area contributed by atoms with E-state index in [1.165, 1.54) is 0 Å². The number of H-pyrrole nitrogens is 1. The van der Waals surface area contributed by atoms with Crippen LogP contribution in [0.2, 0.25) is 0 Å². The number of aromatic nitrogens is 1. The Morgan fingerprint density at radius 3 is 2.58 bits per heavy atom. The van der Waals surface area contributed by atoms with E-state index in [2.05, 4.69) is 57.7 Å². The summed E-state index contributed by atoms with van der Waals surface area (Å²) in [5, 5.41) is 13.3. The van der Waals surface area contributed by atoms with Crippen molar-refractivity contribution in [1.29, 1.82) is 5.26 Å². The van der Waals surface area contributed by atoms with E-state index in [9.17, 15) is 4.79 Å². The van der Waals surface area contributed by atoms with Crippen LogP contribution in [-0.2, 0) is 0 Å². The molecule has 0 saturated heterocycles. The largest absolute Gasteiger partial charge is 0.378 e. The molecule has 1 atom stereocenters. The third-order valence-corrected chi connectivity index (χ3v) is 5.53. The maximum Gasteiger partial charge on any atom is 0.251 e. The highest BCUT2D eigenvalue weighted by Crippen LogP contribution is 2.31. The summed E-state index contributed by atoms with van der Waals surface area (Å²) < 4.78 is 0. The van der Waals surface area contributed by atoms with Crippen LogP contribution in [0.3, 0.4) is 0 Å². The van der Waals surface area contributed by atoms with Crippen molar-refractivity contribution in [2.45, 2.75) is 5.92 Å². The number of fused-ring (bicyclic) bond motifs is 1. The van der Waals surface area contributed by atoms with E-state index in [4.69, 9.17) is 5.26 Å². The molecule has 4 aromatic rings. The molecule has 0 fully saturated rings. The number of amides is 1. The van der Waals surface area contributed by atoms with Gasteiger partial charge in [0.1, 0.15) is 0 Å². The predicted octanol–water partition coefficient (Wildman–Crippen LogP) is 4.67. The molecule has 1 aromatic heterocycles. The van der Waals surface area contributed by atoms with Crippen molar-refractivity contribution in [2.24, 2.45) is 0 Å². The number of hydrogen-bond donors (Lipinski definition) is 2. The molecule has 1 amide bonds. The SMILES string of the molecule is CN(C)c1ccc([C@@H](CNC(=O)c2cccc(C#N)c2)c2c[nH]c3ccccc23)cc1. The zero-order chi connectivity index (χ0) is 21.8. The van der Waals surface area contributed by atoms with Gasteiger partial charge in [0.2, 0.25) is 0 Å². The van der Waals surface area contributed by atoms with Gasteiger partial charge >= 0.3 is 0 Å². The smallest absolute Gasteiger partial charge is 0.251 e. The quantitative estimate of drug-likeness (QED) is 0.487. The first kappa shape index (κ1) is 20.2. The highest BCUT2D eigenvalue weighted by Gasteiger charge is 2.20. The van der Waals surface area contributed by atoms with Crippen LogP contribution in [0.25, 0.3) is 10.9 Å². The highest BCUT2D eigenvalue weighted by molar-refractivity contribution is 5.94. The number of nitrogens with zero attached hydrogens (tertiary/aromatic N) is 2. The van der Waals surface area contributed by atoms with Gasteiger partial charge in [-0.3, -0.25) is 4.79 Å². The van der Waals surface area contributed by atoms with Crippen LogP contribution in [-0.4, -0.2) is 31.5 Å². The maximum atomic E-state index is 12.8. The first-order chi connectivity index (χ1) is 15.1. The first-order valence-electron chi connectivity index (χ1n) is 10.2. The molecular formula is C26H24N4O. The molecule has 0 radical (unpaired) electrons. The Balaban J connectivity index is 1.65. The molecule has 154 valence electrons. The van der Waals surface area contributed by atoms with Crippen molar-refractivity contribution in [3.05, 3.63) is 101 Å². The van der Waals surface area contributed by atoms with Gasteiger partial charge in [-0.2, -0.15) is 5.26 Å². The molecule has 3 aromatic carbocycles. The summed E-state index contributed by atoms with van der Waals surface area (Å²) in [6, 6.07) is 25.4. The van der Waals surface area contributed by atoms with Crippen LogP contribution in [0, 0.1) is 11.3 Å². The molecule has 31 heavy (non-hydrogen) atoms. The molecule has 5 nitrogen and oxygen atoms in total. The Morgan fingerprint density at radius 2 is 1.84 bits per heavy atom. The van der Waals surface area contributed by atoms with Crippen LogP contribution in [0.5, 0.6) is 0 Å². The lowest BCUT2D eigenvalue weighted by atomic mass is 9.90. The van der Waals surface area contributed by atoms with Crippen molar-refractivity contribution in [2.75, 3.05) is 25.5 Å². The van der Waals surface area contributed by atoms with Crippen molar-refractivity contribution < 1.29 is 4.79 Å². The molecule has 1 heterocycles. The second-order valence-corrected chi connectivity index (χ2v) is 7.73. The van der Waals surface area contributed by atoms with Gasteiger partial charge in [0, 0.05) is 54.9 Å². The first-order valence-corrected chi connectivity index (χ1v) is 10.2. The summed E-state index contributed by atoms with van der Waals surface area (Å²) in [5.41, 5.74) is 5.42. The molecular weight excluding hydrogens is 384 g/mol. The molecule has 5 heteroatoms. The Hall–Kier alpha value is -4.04. The zero-order valence-corrected chi connectivity index (χ0v) is 17.6. The van der Waals surface area contributed by atoms with E-state index in [1.54, 1.807) is 24.3 Å². The van der Waals surface area contributed by atoms with Gasteiger partial charge in [0.25, 0.3) is 5.91 Å². The number of benzene rings is 3. The van der Waals surface area contributed by atoms with Gasteiger partial charge in [0.05, 0.1) is 11.6 Å². The number of anilines is 1. The van der Waals surface area contributed by atoms with Gasteiger partial charge in [-0.15, -0.1) is 0 Å². The second-order valence-electron chi connectivity index (χ2n) is 7.73. The molecule has 0 aliphatic rings. The van der Waals surface area contributed by atoms with Crippen LogP contribution in [0.4, 0.5) is 5.69 Å². The van der Waals surface area contributed by atoms with Crippen LogP contribution in [0.1, 0.15) is 33.0 Å². The van der Waals surface area contributed by atoms with E-state index in [1.807, 2.05) is 32.4 Å². The summed E-state index contributed by atoms with van der Waals surface area (Å²) in [6.45, 7) is 0.443. The molecule has 0 unspecified atom stereocenters. The maximum absolute atomic E-state index is 12.8. The molecule has 0 spiro atoms. The third-order valence-electron chi connectivity index (χ3n) is 5.53. The summed E-state index contributed by atoms with van der Waals surface area (Å²) >= 11 is 0. The fraction of sp³-hybridized carbons (Fsp3) is 0.154. The highest BCUT2D eigenvalue weighted by atomic mass is 16.1. The van der Waals surface area contributed by atoms with E-state index in [0.717, 1.165) is 27.7 Å². The van der Waals surface area contributed by atoms with Crippen molar-refractivity contribution in [1.82, 2.24) is 10.3 Å². The zero-order valence-electron chi connectivity index (χ0n) is 17.6. The van der Waals surface area contributed by atoms with E-state index in [0.29, 0.717) is 17.7 Å². The Bertz CT molecular complexity index is 1250. The van der Waals surface area contributed by atoms with Gasteiger partial charge in [-0.05, 0) is 47.5 Å². The number of aromatic amines is 1. The fourth-order valence-corrected chi connectivity index (χ4v) is 3.82. The minimum atomic E-state index is -0.188. The number of rotatable bonds is 6. The summed E-state index contributed by atoms with van der Waals surface area (Å²) in [7, 11) is 4.03. The molecule has 2 N–H and O–H groups in total. The Kier molecular flexibility index (Phi) is 5.72. The molecule has 0 bridgehead atoms. The monoisotopic (exact) mass is 408 g/mol. The predicted molar refractivity (Wildman–Crippen MR) is 124 cm³/mol. The minimum absolute atomic E-state index is 0.0181. The van der Waals surface area contributed by atoms with E-state index >= 15 is 0 Å². The standard InChI is InChI=1S/C26H24N4O/c1-30(2)21-12-10-19(11-13-21)23(24-17-28-25-9-4-3-8-22(24)25)16-29-26(31)20-7-5-6-18(14-20)15-27/h3-14,17,23,28H,16H2,1-2H3,(H,29,31)/t23-/m1/s1.